The van der Waals surface area contributed by atoms with Crippen LogP contribution < -0.4 is 25.7 Å². The van der Waals surface area contributed by atoms with E-state index in [1.165, 1.54) is 7.11 Å². The summed E-state index contributed by atoms with van der Waals surface area (Å²) in [5.74, 6) is 0.651. The zero-order valence-electron chi connectivity index (χ0n) is 17.7. The van der Waals surface area contributed by atoms with Crippen molar-refractivity contribution in [3.63, 3.8) is 0 Å². The first kappa shape index (κ1) is 22.0. The minimum Gasteiger partial charge on any atom is -0.495 e. The summed E-state index contributed by atoms with van der Waals surface area (Å²) < 4.78 is 16.2. The van der Waals surface area contributed by atoms with Gasteiger partial charge in [0.25, 0.3) is 5.91 Å². The lowest BCUT2D eigenvalue weighted by molar-refractivity contribution is -0.121. The van der Waals surface area contributed by atoms with Gasteiger partial charge in [-0.05, 0) is 54.2 Å². The molecule has 33 heavy (non-hydrogen) atoms. The molecule has 3 aromatic carbocycles. The van der Waals surface area contributed by atoms with E-state index in [0.29, 0.717) is 33.9 Å². The van der Waals surface area contributed by atoms with E-state index >= 15 is 0 Å². The van der Waals surface area contributed by atoms with Gasteiger partial charge in [0.15, 0.2) is 11.7 Å². The molecule has 0 atom stereocenters. The second-order valence-electron chi connectivity index (χ2n) is 7.00. The first-order valence-electron chi connectivity index (χ1n) is 10.0. The van der Waals surface area contributed by atoms with Crippen molar-refractivity contribution in [2.75, 3.05) is 19.0 Å². The number of ether oxygens (including phenoxy) is 2. The highest BCUT2D eigenvalue weighted by Gasteiger charge is 2.13. The largest absolute Gasteiger partial charge is 0.495 e. The van der Waals surface area contributed by atoms with Crippen molar-refractivity contribution in [1.82, 2.24) is 5.32 Å². The molecule has 0 saturated heterocycles. The standard InChI is InChI=1S/C25H20N2O5S/c1-30-22-12-11-16(19-13-17-7-5-6-10-21(17)32-24(19)29)14-20(22)26-25(33)27-23(28)15-31-18-8-3-2-4-9-18/h2-14H,15H2,1H3,(H2,26,27,28,33). The molecule has 0 bridgehead atoms. The fraction of sp³-hybridized carbons (Fsp3) is 0.0800. The summed E-state index contributed by atoms with van der Waals surface area (Å²) in [7, 11) is 1.51. The highest BCUT2D eigenvalue weighted by atomic mass is 32.1. The normalized spacial score (nSPS) is 10.5. The number of hydrogen-bond donors (Lipinski definition) is 2. The molecule has 7 nitrogen and oxygen atoms in total. The van der Waals surface area contributed by atoms with Crippen LogP contribution in [0.3, 0.4) is 0 Å². The Kier molecular flexibility index (Phi) is 6.66. The molecule has 1 amide bonds. The zero-order chi connectivity index (χ0) is 23.2. The van der Waals surface area contributed by atoms with Crippen LogP contribution in [-0.2, 0) is 4.79 Å². The maximum atomic E-state index is 12.5. The fourth-order valence-electron chi connectivity index (χ4n) is 3.22. The number of fused-ring (bicyclic) bond motifs is 1. The van der Waals surface area contributed by atoms with Crippen LogP contribution in [0, 0.1) is 0 Å². The predicted octanol–water partition coefficient (Wildman–Crippen LogP) is 4.36. The summed E-state index contributed by atoms with van der Waals surface area (Å²) >= 11 is 5.27. The number of benzene rings is 3. The monoisotopic (exact) mass is 460 g/mol. The van der Waals surface area contributed by atoms with Crippen molar-refractivity contribution < 1.29 is 18.7 Å². The Morgan fingerprint density at radius 3 is 2.55 bits per heavy atom. The third-order valence-electron chi connectivity index (χ3n) is 4.77. The van der Waals surface area contributed by atoms with E-state index in [0.717, 1.165) is 5.39 Å². The number of amides is 1. The van der Waals surface area contributed by atoms with Crippen LogP contribution in [0.25, 0.3) is 22.1 Å². The molecule has 0 radical (unpaired) electrons. The van der Waals surface area contributed by atoms with E-state index < -0.39 is 11.5 Å². The maximum Gasteiger partial charge on any atom is 0.344 e. The van der Waals surface area contributed by atoms with Gasteiger partial charge in [-0.15, -0.1) is 0 Å². The number of nitrogens with one attached hydrogen (secondary N) is 2. The van der Waals surface area contributed by atoms with E-state index in [4.69, 9.17) is 26.1 Å². The number of carbonyl (C=O) groups excluding carboxylic acids is 1. The highest BCUT2D eigenvalue weighted by Crippen LogP contribution is 2.30. The van der Waals surface area contributed by atoms with Crippen molar-refractivity contribution in [3.05, 3.63) is 89.3 Å². The summed E-state index contributed by atoms with van der Waals surface area (Å²) in [5.41, 5.74) is 1.54. The van der Waals surface area contributed by atoms with Crippen LogP contribution >= 0.6 is 12.2 Å². The molecule has 4 rings (SSSR count). The quantitative estimate of drug-likeness (QED) is 0.326. The Hall–Kier alpha value is -4.17. The van der Waals surface area contributed by atoms with Gasteiger partial charge in [-0.3, -0.25) is 10.1 Å². The number of methoxy groups -OCH3 is 1. The number of thiocarbonyl (C=S) groups is 1. The number of carbonyl (C=O) groups is 1. The molecule has 1 aromatic heterocycles. The van der Waals surface area contributed by atoms with Crippen LogP contribution in [0.15, 0.2) is 88.1 Å². The van der Waals surface area contributed by atoms with Gasteiger partial charge >= 0.3 is 5.63 Å². The minimum absolute atomic E-state index is 0.0673. The van der Waals surface area contributed by atoms with Gasteiger partial charge < -0.3 is 19.2 Å². The van der Waals surface area contributed by atoms with Crippen LogP contribution in [0.5, 0.6) is 11.5 Å². The lowest BCUT2D eigenvalue weighted by Gasteiger charge is -2.14. The summed E-state index contributed by atoms with van der Waals surface area (Å²) in [6.45, 7) is -0.193. The van der Waals surface area contributed by atoms with Crippen molar-refractivity contribution in [2.45, 2.75) is 0 Å². The lowest BCUT2D eigenvalue weighted by Crippen LogP contribution is -2.37. The molecule has 166 valence electrons. The summed E-state index contributed by atoms with van der Waals surface area (Å²) in [4.78, 5) is 24.7. The number of anilines is 1. The molecule has 2 N–H and O–H groups in total. The van der Waals surface area contributed by atoms with Gasteiger partial charge in [0, 0.05) is 5.39 Å². The van der Waals surface area contributed by atoms with Crippen molar-refractivity contribution in [3.8, 4) is 22.6 Å². The van der Waals surface area contributed by atoms with Crippen molar-refractivity contribution >= 4 is 39.9 Å². The van der Waals surface area contributed by atoms with E-state index in [1.807, 2.05) is 30.3 Å². The van der Waals surface area contributed by atoms with Gasteiger partial charge in [0.05, 0.1) is 18.4 Å². The summed E-state index contributed by atoms with van der Waals surface area (Å²) in [6, 6.07) is 23.2. The summed E-state index contributed by atoms with van der Waals surface area (Å²) in [6.07, 6.45) is 0. The van der Waals surface area contributed by atoms with Crippen LogP contribution in [0.4, 0.5) is 5.69 Å². The average molecular weight is 461 g/mol. The second-order valence-corrected chi connectivity index (χ2v) is 7.41. The van der Waals surface area contributed by atoms with Crippen LogP contribution in [-0.4, -0.2) is 24.7 Å². The Balaban J connectivity index is 1.50. The Bertz CT molecular complexity index is 1370. The van der Waals surface area contributed by atoms with E-state index in [2.05, 4.69) is 10.6 Å². The number of rotatable bonds is 6. The molecule has 0 saturated carbocycles. The third-order valence-corrected chi connectivity index (χ3v) is 4.97. The van der Waals surface area contributed by atoms with Crippen LogP contribution in [0.1, 0.15) is 0 Å². The maximum absolute atomic E-state index is 12.5. The smallest absolute Gasteiger partial charge is 0.344 e. The SMILES string of the molecule is COc1ccc(-c2cc3ccccc3oc2=O)cc1NC(=S)NC(=O)COc1ccccc1. The number of hydrogen-bond acceptors (Lipinski definition) is 6. The van der Waals surface area contributed by atoms with Crippen molar-refractivity contribution in [1.29, 1.82) is 0 Å². The van der Waals surface area contributed by atoms with Gasteiger partial charge in [-0.25, -0.2) is 4.79 Å². The molecular weight excluding hydrogens is 440 g/mol. The van der Waals surface area contributed by atoms with Gasteiger partial charge in [-0.2, -0.15) is 0 Å². The molecule has 0 aliphatic carbocycles. The molecule has 0 aliphatic rings. The lowest BCUT2D eigenvalue weighted by atomic mass is 10.0. The molecule has 0 fully saturated rings. The summed E-state index contributed by atoms with van der Waals surface area (Å²) in [5, 5.41) is 6.38. The predicted molar refractivity (Wildman–Crippen MR) is 131 cm³/mol. The molecule has 1 heterocycles. The topological polar surface area (TPSA) is 89.8 Å². The first-order chi connectivity index (χ1) is 16.0. The van der Waals surface area contributed by atoms with E-state index in [-0.39, 0.29) is 11.7 Å². The molecule has 0 aliphatic heterocycles. The van der Waals surface area contributed by atoms with Gasteiger partial charge in [0.2, 0.25) is 0 Å². The van der Waals surface area contributed by atoms with Crippen molar-refractivity contribution in [2.24, 2.45) is 0 Å². The molecular formula is C25H20N2O5S. The first-order valence-corrected chi connectivity index (χ1v) is 10.4. The van der Waals surface area contributed by atoms with E-state index in [1.54, 1.807) is 48.5 Å². The van der Waals surface area contributed by atoms with E-state index in [9.17, 15) is 9.59 Å². The molecule has 4 aromatic rings. The highest BCUT2D eigenvalue weighted by molar-refractivity contribution is 7.80. The molecule has 0 unspecified atom stereocenters. The zero-order valence-corrected chi connectivity index (χ0v) is 18.5. The minimum atomic E-state index is -0.459. The molecule has 8 heteroatoms. The fourth-order valence-corrected chi connectivity index (χ4v) is 3.44. The Labute approximate surface area is 195 Å². The van der Waals surface area contributed by atoms with Gasteiger partial charge in [0.1, 0.15) is 17.1 Å². The molecule has 0 spiro atoms. The second kappa shape index (κ2) is 9.97. The van der Waals surface area contributed by atoms with Crippen LogP contribution in [0.2, 0.25) is 0 Å². The third kappa shape index (κ3) is 5.36. The Morgan fingerprint density at radius 1 is 1.00 bits per heavy atom. The Morgan fingerprint density at radius 2 is 1.76 bits per heavy atom. The van der Waals surface area contributed by atoms with Gasteiger partial charge in [-0.1, -0.05) is 42.5 Å². The average Bonchev–Trinajstić information content (AvgIpc) is 2.83. The number of para-hydroxylation sites is 2.